The second kappa shape index (κ2) is 6.33. The summed E-state index contributed by atoms with van der Waals surface area (Å²) < 4.78 is 3.23. The Balaban J connectivity index is 1.72. The Hall–Kier alpha value is -3.25. The largest absolute Gasteiger partial charge is 0.392 e. The maximum atomic E-state index is 12.7. The zero-order valence-corrected chi connectivity index (χ0v) is 13.4. The van der Waals surface area contributed by atoms with E-state index in [4.69, 9.17) is 5.11 Å². The third-order valence-corrected chi connectivity index (χ3v) is 4.11. The van der Waals surface area contributed by atoms with Crippen molar-refractivity contribution in [3.63, 3.8) is 0 Å². The lowest BCUT2D eigenvalue weighted by Gasteiger charge is -2.07. The first-order chi connectivity index (χ1) is 12.3. The van der Waals surface area contributed by atoms with E-state index in [0.717, 1.165) is 16.8 Å². The van der Waals surface area contributed by atoms with Crippen molar-refractivity contribution in [3.05, 3.63) is 88.6 Å². The molecule has 0 aliphatic rings. The molecule has 0 amide bonds. The highest BCUT2D eigenvalue weighted by Crippen LogP contribution is 2.13. The number of para-hydroxylation sites is 1. The molecular weight excluding hydrogens is 316 g/mol. The molecule has 2 aromatic heterocycles. The summed E-state index contributed by atoms with van der Waals surface area (Å²) in [4.78, 5) is 17.2. The van der Waals surface area contributed by atoms with Crippen molar-refractivity contribution in [3.8, 4) is 5.69 Å². The van der Waals surface area contributed by atoms with Gasteiger partial charge in [-0.25, -0.2) is 9.67 Å². The first kappa shape index (κ1) is 15.3. The maximum Gasteiger partial charge on any atom is 0.264 e. The molecule has 0 aliphatic heterocycles. The second-order valence-corrected chi connectivity index (χ2v) is 5.78. The standard InChI is InChI=1S/C19H16N4O2/c24-12-15-8-6-14(7-9-15)11-22-13-20-18-17(19(22)25)10-21-23(18)16-4-2-1-3-5-16/h1-10,13,24H,11-12H2. The molecule has 0 fully saturated rings. The zero-order valence-electron chi connectivity index (χ0n) is 13.4. The minimum atomic E-state index is -0.126. The Kier molecular flexibility index (Phi) is 3.87. The molecule has 2 heterocycles. The molecule has 0 bridgehead atoms. The normalized spacial score (nSPS) is 11.1. The third-order valence-electron chi connectivity index (χ3n) is 4.11. The molecule has 0 radical (unpaired) electrons. The Bertz CT molecular complexity index is 1070. The molecule has 0 saturated heterocycles. The topological polar surface area (TPSA) is 72.9 Å². The molecule has 4 rings (SSSR count). The number of hydrogen-bond donors (Lipinski definition) is 1. The van der Waals surface area contributed by atoms with Gasteiger partial charge in [0.05, 0.1) is 25.0 Å². The van der Waals surface area contributed by atoms with Crippen LogP contribution in [0.5, 0.6) is 0 Å². The Morgan fingerprint density at radius 1 is 0.960 bits per heavy atom. The van der Waals surface area contributed by atoms with E-state index in [2.05, 4.69) is 10.1 Å². The SMILES string of the molecule is O=c1c2cnn(-c3ccccc3)c2ncn1Cc1ccc(CO)cc1. The van der Waals surface area contributed by atoms with Gasteiger partial charge in [-0.2, -0.15) is 5.10 Å². The first-order valence-electron chi connectivity index (χ1n) is 7.93. The van der Waals surface area contributed by atoms with E-state index in [-0.39, 0.29) is 12.2 Å². The van der Waals surface area contributed by atoms with Gasteiger partial charge in [-0.3, -0.25) is 9.36 Å². The van der Waals surface area contributed by atoms with Crippen LogP contribution in [-0.4, -0.2) is 24.4 Å². The number of aliphatic hydroxyl groups excluding tert-OH is 1. The molecule has 25 heavy (non-hydrogen) atoms. The van der Waals surface area contributed by atoms with Gasteiger partial charge in [0.15, 0.2) is 5.65 Å². The van der Waals surface area contributed by atoms with E-state index in [0.29, 0.717) is 17.6 Å². The van der Waals surface area contributed by atoms with Crippen LogP contribution >= 0.6 is 0 Å². The van der Waals surface area contributed by atoms with Crippen molar-refractivity contribution >= 4 is 11.0 Å². The lowest BCUT2D eigenvalue weighted by Crippen LogP contribution is -2.21. The third kappa shape index (κ3) is 2.83. The quantitative estimate of drug-likeness (QED) is 0.621. The van der Waals surface area contributed by atoms with Crippen molar-refractivity contribution in [2.24, 2.45) is 0 Å². The molecule has 124 valence electrons. The maximum absolute atomic E-state index is 12.7. The Morgan fingerprint density at radius 2 is 1.68 bits per heavy atom. The van der Waals surface area contributed by atoms with E-state index in [1.165, 1.54) is 0 Å². The van der Waals surface area contributed by atoms with Crippen molar-refractivity contribution in [2.75, 3.05) is 0 Å². The molecular formula is C19H16N4O2. The van der Waals surface area contributed by atoms with E-state index in [1.54, 1.807) is 21.8 Å². The molecule has 0 aliphatic carbocycles. The fourth-order valence-electron chi connectivity index (χ4n) is 2.77. The summed E-state index contributed by atoms with van der Waals surface area (Å²) in [5.74, 6) is 0. The summed E-state index contributed by atoms with van der Waals surface area (Å²) in [7, 11) is 0. The fraction of sp³-hybridized carbons (Fsp3) is 0.105. The number of aliphatic hydroxyl groups is 1. The van der Waals surface area contributed by atoms with Crippen LogP contribution in [0, 0.1) is 0 Å². The van der Waals surface area contributed by atoms with E-state index >= 15 is 0 Å². The van der Waals surface area contributed by atoms with Crippen LogP contribution in [-0.2, 0) is 13.2 Å². The summed E-state index contributed by atoms with van der Waals surface area (Å²) >= 11 is 0. The van der Waals surface area contributed by atoms with Crippen molar-refractivity contribution in [1.29, 1.82) is 0 Å². The van der Waals surface area contributed by atoms with Crippen LogP contribution in [0.15, 0.2) is 71.9 Å². The predicted octanol–water partition coefficient (Wildman–Crippen LogP) is 2.12. The molecule has 1 N–H and O–H groups in total. The van der Waals surface area contributed by atoms with E-state index < -0.39 is 0 Å². The highest BCUT2D eigenvalue weighted by atomic mass is 16.3. The number of hydrogen-bond acceptors (Lipinski definition) is 4. The van der Waals surface area contributed by atoms with Gasteiger partial charge in [-0.1, -0.05) is 42.5 Å². The number of benzene rings is 2. The summed E-state index contributed by atoms with van der Waals surface area (Å²) in [5.41, 5.74) is 3.09. The van der Waals surface area contributed by atoms with Gasteiger partial charge in [-0.15, -0.1) is 0 Å². The molecule has 0 atom stereocenters. The number of fused-ring (bicyclic) bond motifs is 1. The predicted molar refractivity (Wildman–Crippen MR) is 94.6 cm³/mol. The van der Waals surface area contributed by atoms with Crippen LogP contribution < -0.4 is 5.56 Å². The zero-order chi connectivity index (χ0) is 17.2. The van der Waals surface area contributed by atoms with Gasteiger partial charge in [0, 0.05) is 0 Å². The van der Waals surface area contributed by atoms with Gasteiger partial charge in [0.1, 0.15) is 11.7 Å². The fourth-order valence-corrected chi connectivity index (χ4v) is 2.77. The minimum Gasteiger partial charge on any atom is -0.392 e. The van der Waals surface area contributed by atoms with Crippen molar-refractivity contribution in [2.45, 2.75) is 13.2 Å². The highest BCUT2D eigenvalue weighted by molar-refractivity contribution is 5.74. The molecule has 0 spiro atoms. The molecule has 6 heteroatoms. The van der Waals surface area contributed by atoms with Gasteiger partial charge in [-0.05, 0) is 23.3 Å². The van der Waals surface area contributed by atoms with Crippen LogP contribution in [0.2, 0.25) is 0 Å². The van der Waals surface area contributed by atoms with Gasteiger partial charge < -0.3 is 5.11 Å². The van der Waals surface area contributed by atoms with Crippen LogP contribution in [0.25, 0.3) is 16.7 Å². The first-order valence-corrected chi connectivity index (χ1v) is 7.93. The average molecular weight is 332 g/mol. The van der Waals surface area contributed by atoms with E-state index in [9.17, 15) is 4.79 Å². The van der Waals surface area contributed by atoms with Gasteiger partial charge in [0.2, 0.25) is 0 Å². The minimum absolute atomic E-state index is 0.00636. The summed E-state index contributed by atoms with van der Waals surface area (Å²) in [6.45, 7) is 0.427. The lowest BCUT2D eigenvalue weighted by molar-refractivity contribution is 0.282. The smallest absolute Gasteiger partial charge is 0.264 e. The van der Waals surface area contributed by atoms with Crippen LogP contribution in [0.3, 0.4) is 0 Å². The second-order valence-electron chi connectivity index (χ2n) is 5.78. The average Bonchev–Trinajstić information content (AvgIpc) is 3.10. The summed E-state index contributed by atoms with van der Waals surface area (Å²) in [5, 5.41) is 13.9. The molecule has 0 saturated carbocycles. The summed E-state index contributed by atoms with van der Waals surface area (Å²) in [6.07, 6.45) is 3.11. The lowest BCUT2D eigenvalue weighted by atomic mass is 10.1. The van der Waals surface area contributed by atoms with E-state index in [1.807, 2.05) is 54.6 Å². The monoisotopic (exact) mass is 332 g/mol. The number of nitrogens with zero attached hydrogens (tertiary/aromatic N) is 4. The molecule has 0 unspecified atom stereocenters. The Morgan fingerprint density at radius 3 is 2.40 bits per heavy atom. The molecule has 2 aromatic carbocycles. The molecule has 4 aromatic rings. The number of aromatic nitrogens is 4. The van der Waals surface area contributed by atoms with Gasteiger partial charge in [0.25, 0.3) is 5.56 Å². The van der Waals surface area contributed by atoms with Crippen molar-refractivity contribution in [1.82, 2.24) is 19.3 Å². The highest BCUT2D eigenvalue weighted by Gasteiger charge is 2.11. The number of rotatable bonds is 4. The molecule has 6 nitrogen and oxygen atoms in total. The Labute approximate surface area is 143 Å². The van der Waals surface area contributed by atoms with Crippen LogP contribution in [0.4, 0.5) is 0 Å². The van der Waals surface area contributed by atoms with Crippen LogP contribution in [0.1, 0.15) is 11.1 Å². The van der Waals surface area contributed by atoms with Gasteiger partial charge >= 0.3 is 0 Å². The summed E-state index contributed by atoms with van der Waals surface area (Å²) in [6, 6.07) is 17.1. The van der Waals surface area contributed by atoms with Crippen molar-refractivity contribution < 1.29 is 5.11 Å².